The number of aliphatic hydroxyl groups is 1. The molecule has 4 nitrogen and oxygen atoms in total. The Morgan fingerprint density at radius 2 is 2.50 bits per heavy atom. The van der Waals surface area contributed by atoms with Gasteiger partial charge in [0.25, 0.3) is 0 Å². The Labute approximate surface area is 81.5 Å². The predicted octanol–water partition coefficient (Wildman–Crippen LogP) is 0.255. The largest absolute Gasteiger partial charge is 0.468 e. The third kappa shape index (κ3) is 1.28. The number of hydrogen-bond donors (Lipinski definition) is 1. The summed E-state index contributed by atoms with van der Waals surface area (Å²) in [5.74, 6) is -1.04. The molecular formula is C10H11NO3. The summed E-state index contributed by atoms with van der Waals surface area (Å²) in [7, 11) is 1.32. The summed E-state index contributed by atoms with van der Waals surface area (Å²) in [5, 5.41) is 9.67. The smallest absolute Gasteiger partial charge is 0.317 e. The molecule has 0 fully saturated rings. The molecule has 1 aromatic heterocycles. The fraction of sp³-hybridized carbons (Fsp3) is 0.400. The quantitative estimate of drug-likeness (QED) is 0.650. The first kappa shape index (κ1) is 9.15. The summed E-state index contributed by atoms with van der Waals surface area (Å²) in [6.07, 6.45) is 1.39. The van der Waals surface area contributed by atoms with Gasteiger partial charge < -0.3 is 9.84 Å². The molecule has 14 heavy (non-hydrogen) atoms. The van der Waals surface area contributed by atoms with Crippen LogP contribution in [0.15, 0.2) is 18.3 Å². The summed E-state index contributed by atoms with van der Waals surface area (Å²) < 4.78 is 4.62. The summed E-state index contributed by atoms with van der Waals surface area (Å²) in [5.41, 5.74) is 1.57. The molecule has 1 aromatic rings. The molecule has 2 rings (SSSR count). The van der Waals surface area contributed by atoms with Gasteiger partial charge in [0.15, 0.2) is 0 Å². The Morgan fingerprint density at radius 1 is 1.71 bits per heavy atom. The van der Waals surface area contributed by atoms with E-state index in [1.54, 1.807) is 12.3 Å². The Bertz CT molecular complexity index is 364. The van der Waals surface area contributed by atoms with Crippen LogP contribution in [0, 0.1) is 0 Å². The minimum absolute atomic E-state index is 0.421. The maximum absolute atomic E-state index is 11.4. The van der Waals surface area contributed by atoms with Crippen molar-refractivity contribution in [2.75, 3.05) is 7.11 Å². The second kappa shape index (κ2) is 3.38. The zero-order valence-electron chi connectivity index (χ0n) is 7.80. The van der Waals surface area contributed by atoms with Gasteiger partial charge in [-0.05, 0) is 11.6 Å². The van der Waals surface area contributed by atoms with Crippen molar-refractivity contribution in [3.8, 4) is 0 Å². The van der Waals surface area contributed by atoms with Crippen molar-refractivity contribution in [3.63, 3.8) is 0 Å². The molecule has 0 radical (unpaired) electrons. The number of pyridine rings is 1. The lowest BCUT2D eigenvalue weighted by molar-refractivity contribution is -0.144. The van der Waals surface area contributed by atoms with Crippen LogP contribution >= 0.6 is 0 Å². The van der Waals surface area contributed by atoms with Crippen molar-refractivity contribution in [2.24, 2.45) is 0 Å². The number of aliphatic hydroxyl groups excluding tert-OH is 1. The number of fused-ring (bicyclic) bond motifs is 1. The average molecular weight is 193 g/mol. The van der Waals surface area contributed by atoms with E-state index in [0.29, 0.717) is 12.1 Å². The molecule has 0 aromatic carbocycles. The van der Waals surface area contributed by atoms with E-state index in [4.69, 9.17) is 0 Å². The van der Waals surface area contributed by atoms with Gasteiger partial charge in [0, 0.05) is 12.6 Å². The third-order valence-electron chi connectivity index (χ3n) is 2.49. The molecule has 0 saturated carbocycles. The SMILES string of the molecule is COC(=O)[C@@H]1c2ncccc2CC1O. The summed E-state index contributed by atoms with van der Waals surface area (Å²) >= 11 is 0. The highest BCUT2D eigenvalue weighted by molar-refractivity contribution is 5.79. The number of esters is 1. The maximum Gasteiger partial charge on any atom is 0.317 e. The van der Waals surface area contributed by atoms with Crippen LogP contribution in [0.25, 0.3) is 0 Å². The van der Waals surface area contributed by atoms with E-state index in [1.165, 1.54) is 7.11 Å². The lowest BCUT2D eigenvalue weighted by atomic mass is 10.1. The van der Waals surface area contributed by atoms with Gasteiger partial charge in [-0.25, -0.2) is 0 Å². The van der Waals surface area contributed by atoms with Crippen LogP contribution in [-0.2, 0) is 16.0 Å². The lowest BCUT2D eigenvalue weighted by Gasteiger charge is -2.11. The highest BCUT2D eigenvalue weighted by Crippen LogP contribution is 2.32. The zero-order chi connectivity index (χ0) is 10.1. The van der Waals surface area contributed by atoms with Crippen LogP contribution in [-0.4, -0.2) is 29.3 Å². The molecule has 0 aliphatic heterocycles. The molecule has 1 aliphatic rings. The molecule has 0 saturated heterocycles. The van der Waals surface area contributed by atoms with Gasteiger partial charge in [-0.2, -0.15) is 0 Å². The number of rotatable bonds is 1. The van der Waals surface area contributed by atoms with Crippen molar-refractivity contribution in [1.29, 1.82) is 0 Å². The van der Waals surface area contributed by atoms with Crippen LogP contribution in [0.1, 0.15) is 17.2 Å². The summed E-state index contributed by atoms with van der Waals surface area (Å²) in [6.45, 7) is 0. The molecule has 1 unspecified atom stereocenters. The number of carbonyl (C=O) groups is 1. The topological polar surface area (TPSA) is 59.4 Å². The fourth-order valence-electron chi connectivity index (χ4n) is 1.82. The van der Waals surface area contributed by atoms with E-state index in [2.05, 4.69) is 9.72 Å². The monoisotopic (exact) mass is 193 g/mol. The molecule has 1 heterocycles. The van der Waals surface area contributed by atoms with E-state index in [1.807, 2.05) is 6.07 Å². The second-order valence-corrected chi connectivity index (χ2v) is 3.32. The van der Waals surface area contributed by atoms with E-state index < -0.39 is 18.0 Å². The van der Waals surface area contributed by atoms with Crippen LogP contribution in [0.2, 0.25) is 0 Å². The zero-order valence-corrected chi connectivity index (χ0v) is 7.80. The Morgan fingerprint density at radius 3 is 3.21 bits per heavy atom. The fourth-order valence-corrected chi connectivity index (χ4v) is 1.82. The highest BCUT2D eigenvalue weighted by Gasteiger charge is 2.38. The molecule has 4 heteroatoms. The Hall–Kier alpha value is -1.42. The molecule has 74 valence electrons. The number of methoxy groups -OCH3 is 1. The number of aromatic nitrogens is 1. The predicted molar refractivity (Wildman–Crippen MR) is 48.7 cm³/mol. The van der Waals surface area contributed by atoms with Crippen LogP contribution in [0.4, 0.5) is 0 Å². The molecule has 0 spiro atoms. The highest BCUT2D eigenvalue weighted by atomic mass is 16.5. The first-order chi connectivity index (χ1) is 6.74. The van der Waals surface area contributed by atoms with Crippen molar-refractivity contribution < 1.29 is 14.6 Å². The van der Waals surface area contributed by atoms with Gasteiger partial charge >= 0.3 is 5.97 Å². The minimum atomic E-state index is -0.702. The number of carbonyl (C=O) groups excluding carboxylic acids is 1. The van der Waals surface area contributed by atoms with Crippen LogP contribution in [0.3, 0.4) is 0 Å². The van der Waals surface area contributed by atoms with Crippen molar-refractivity contribution in [2.45, 2.75) is 18.4 Å². The molecule has 1 N–H and O–H groups in total. The van der Waals surface area contributed by atoms with Gasteiger partial charge in [0.05, 0.1) is 18.9 Å². The van der Waals surface area contributed by atoms with Gasteiger partial charge in [0.2, 0.25) is 0 Å². The first-order valence-electron chi connectivity index (χ1n) is 4.43. The standard InChI is InChI=1S/C10H11NO3/c1-14-10(13)8-7(12)5-6-3-2-4-11-9(6)8/h2-4,7-8,12H,5H2,1H3/t7?,8-/m0/s1. The third-order valence-corrected chi connectivity index (χ3v) is 2.49. The van der Waals surface area contributed by atoms with E-state index >= 15 is 0 Å². The van der Waals surface area contributed by atoms with Crippen molar-refractivity contribution in [3.05, 3.63) is 29.6 Å². The van der Waals surface area contributed by atoms with Crippen LogP contribution < -0.4 is 0 Å². The Balaban J connectivity index is 2.39. The lowest BCUT2D eigenvalue weighted by Crippen LogP contribution is -2.23. The molecule has 0 bridgehead atoms. The maximum atomic E-state index is 11.4. The van der Waals surface area contributed by atoms with Crippen molar-refractivity contribution in [1.82, 2.24) is 4.98 Å². The summed E-state index contributed by atoms with van der Waals surface area (Å²) in [4.78, 5) is 15.5. The molecular weight excluding hydrogens is 182 g/mol. The Kier molecular flexibility index (Phi) is 2.21. The van der Waals surface area contributed by atoms with E-state index in [9.17, 15) is 9.90 Å². The normalized spacial score (nSPS) is 24.4. The number of ether oxygens (including phenoxy) is 1. The van der Waals surface area contributed by atoms with Gasteiger partial charge in [-0.3, -0.25) is 9.78 Å². The van der Waals surface area contributed by atoms with E-state index in [0.717, 1.165) is 5.56 Å². The van der Waals surface area contributed by atoms with E-state index in [-0.39, 0.29) is 0 Å². The minimum Gasteiger partial charge on any atom is -0.468 e. The first-order valence-corrected chi connectivity index (χ1v) is 4.43. The molecule has 1 aliphatic carbocycles. The van der Waals surface area contributed by atoms with Gasteiger partial charge in [-0.15, -0.1) is 0 Å². The molecule has 0 amide bonds. The van der Waals surface area contributed by atoms with Crippen LogP contribution in [0.5, 0.6) is 0 Å². The van der Waals surface area contributed by atoms with Gasteiger partial charge in [-0.1, -0.05) is 6.07 Å². The molecule has 2 atom stereocenters. The van der Waals surface area contributed by atoms with Gasteiger partial charge in [0.1, 0.15) is 5.92 Å². The second-order valence-electron chi connectivity index (χ2n) is 3.32. The summed E-state index contributed by atoms with van der Waals surface area (Å²) in [6, 6.07) is 3.67. The average Bonchev–Trinajstić information content (AvgIpc) is 2.53. The van der Waals surface area contributed by atoms with Crippen molar-refractivity contribution >= 4 is 5.97 Å². The number of nitrogens with zero attached hydrogens (tertiary/aromatic N) is 1. The number of hydrogen-bond acceptors (Lipinski definition) is 4.